The number of hydrogen-bond acceptors (Lipinski definition) is 4. The third-order valence-electron chi connectivity index (χ3n) is 3.32. The van der Waals surface area contributed by atoms with Crippen LogP contribution < -0.4 is 0 Å². The van der Waals surface area contributed by atoms with E-state index in [1.54, 1.807) is 45.0 Å². The maximum Gasteiger partial charge on any atom is 0.338 e. The monoisotopic (exact) mass is 252 g/mol. The average Bonchev–Trinajstić information content (AvgIpc) is 2.36. The molecule has 0 fully saturated rings. The molecule has 100 valence electrons. The van der Waals surface area contributed by atoms with Crippen LogP contribution >= 0.6 is 0 Å². The van der Waals surface area contributed by atoms with Crippen LogP contribution in [-0.2, 0) is 4.74 Å². The van der Waals surface area contributed by atoms with Gasteiger partial charge in [-0.2, -0.15) is 0 Å². The first-order valence-electron chi connectivity index (χ1n) is 5.94. The summed E-state index contributed by atoms with van der Waals surface area (Å²) in [5, 5.41) is 19.4. The second-order valence-electron chi connectivity index (χ2n) is 4.98. The SMILES string of the molecule is CC(O)C(C)(C)C(O)COC(=O)c1ccccc1. The van der Waals surface area contributed by atoms with Crippen molar-refractivity contribution in [2.24, 2.45) is 5.41 Å². The van der Waals surface area contributed by atoms with Gasteiger partial charge in [-0.05, 0) is 19.1 Å². The Kier molecular flexibility index (Phi) is 4.87. The minimum Gasteiger partial charge on any atom is -0.459 e. The maximum absolute atomic E-state index is 11.7. The number of esters is 1. The molecule has 0 spiro atoms. The summed E-state index contributed by atoms with van der Waals surface area (Å²) < 4.78 is 5.03. The number of aliphatic hydroxyl groups is 2. The lowest BCUT2D eigenvalue weighted by molar-refractivity contribution is -0.0672. The second-order valence-corrected chi connectivity index (χ2v) is 4.98. The van der Waals surface area contributed by atoms with Crippen molar-refractivity contribution in [1.29, 1.82) is 0 Å². The van der Waals surface area contributed by atoms with Crippen LogP contribution in [-0.4, -0.2) is 35.0 Å². The zero-order valence-electron chi connectivity index (χ0n) is 11.0. The molecule has 0 aliphatic rings. The Morgan fingerprint density at radius 1 is 1.28 bits per heavy atom. The van der Waals surface area contributed by atoms with Gasteiger partial charge in [-0.15, -0.1) is 0 Å². The molecule has 2 atom stereocenters. The Bertz CT molecular complexity index is 384. The molecule has 4 heteroatoms. The van der Waals surface area contributed by atoms with E-state index in [0.29, 0.717) is 5.56 Å². The Hall–Kier alpha value is -1.39. The lowest BCUT2D eigenvalue weighted by Crippen LogP contribution is -2.41. The number of aliphatic hydroxyl groups excluding tert-OH is 2. The van der Waals surface area contributed by atoms with Crippen molar-refractivity contribution in [3.8, 4) is 0 Å². The average molecular weight is 252 g/mol. The summed E-state index contributed by atoms with van der Waals surface area (Å²) in [6.45, 7) is 4.91. The summed E-state index contributed by atoms with van der Waals surface area (Å²) in [5.41, 5.74) is -0.281. The van der Waals surface area contributed by atoms with Gasteiger partial charge >= 0.3 is 5.97 Å². The molecule has 4 nitrogen and oxygen atoms in total. The molecule has 0 bridgehead atoms. The molecule has 2 unspecified atom stereocenters. The van der Waals surface area contributed by atoms with E-state index in [0.717, 1.165) is 0 Å². The fraction of sp³-hybridized carbons (Fsp3) is 0.500. The van der Waals surface area contributed by atoms with Crippen LogP contribution in [0.15, 0.2) is 30.3 Å². The Labute approximate surface area is 107 Å². The molecule has 0 amide bonds. The molecule has 0 saturated heterocycles. The molecule has 0 aromatic heterocycles. The molecule has 1 aromatic carbocycles. The van der Waals surface area contributed by atoms with Crippen molar-refractivity contribution in [3.63, 3.8) is 0 Å². The highest BCUT2D eigenvalue weighted by atomic mass is 16.5. The lowest BCUT2D eigenvalue weighted by Gasteiger charge is -2.32. The molecule has 18 heavy (non-hydrogen) atoms. The molecule has 0 saturated carbocycles. The minimum atomic E-state index is -0.912. The van der Waals surface area contributed by atoms with E-state index in [1.165, 1.54) is 0 Å². The van der Waals surface area contributed by atoms with Crippen LogP contribution in [0.25, 0.3) is 0 Å². The number of carbonyl (C=O) groups is 1. The van der Waals surface area contributed by atoms with Crippen molar-refractivity contribution >= 4 is 5.97 Å². The van der Waals surface area contributed by atoms with Gasteiger partial charge in [0, 0.05) is 5.41 Å². The summed E-state index contributed by atoms with van der Waals surface area (Å²) in [4.78, 5) is 11.7. The van der Waals surface area contributed by atoms with Gasteiger partial charge in [0.15, 0.2) is 0 Å². The quantitative estimate of drug-likeness (QED) is 0.781. The van der Waals surface area contributed by atoms with Crippen LogP contribution in [0.2, 0.25) is 0 Å². The number of hydrogen-bond donors (Lipinski definition) is 2. The standard InChI is InChI=1S/C14H20O4/c1-10(15)14(2,3)12(16)9-18-13(17)11-7-5-4-6-8-11/h4-8,10,12,15-16H,9H2,1-3H3. The van der Waals surface area contributed by atoms with Gasteiger partial charge in [-0.25, -0.2) is 4.79 Å². The highest BCUT2D eigenvalue weighted by Gasteiger charge is 2.33. The Morgan fingerprint density at radius 3 is 2.33 bits per heavy atom. The third-order valence-corrected chi connectivity index (χ3v) is 3.32. The highest BCUT2D eigenvalue weighted by Crippen LogP contribution is 2.25. The van der Waals surface area contributed by atoms with E-state index in [9.17, 15) is 15.0 Å². The smallest absolute Gasteiger partial charge is 0.338 e. The van der Waals surface area contributed by atoms with Crippen LogP contribution in [0, 0.1) is 5.41 Å². The summed E-state index contributed by atoms with van der Waals surface area (Å²) in [6, 6.07) is 8.59. The molecule has 1 rings (SSSR count). The van der Waals surface area contributed by atoms with Crippen molar-refractivity contribution in [2.75, 3.05) is 6.61 Å². The van der Waals surface area contributed by atoms with Crippen LogP contribution in [0.4, 0.5) is 0 Å². The first kappa shape index (κ1) is 14.7. The minimum absolute atomic E-state index is 0.133. The highest BCUT2D eigenvalue weighted by molar-refractivity contribution is 5.89. The van der Waals surface area contributed by atoms with Crippen molar-refractivity contribution in [2.45, 2.75) is 33.0 Å². The summed E-state index contributed by atoms with van der Waals surface area (Å²) in [7, 11) is 0. The van der Waals surface area contributed by atoms with Gasteiger partial charge in [-0.3, -0.25) is 0 Å². The fourth-order valence-electron chi connectivity index (χ4n) is 1.31. The largest absolute Gasteiger partial charge is 0.459 e. The summed E-state index contributed by atoms with van der Waals surface area (Å²) in [5.74, 6) is -0.476. The molecule has 0 heterocycles. The van der Waals surface area contributed by atoms with E-state index >= 15 is 0 Å². The van der Waals surface area contributed by atoms with Gasteiger partial charge in [0.25, 0.3) is 0 Å². The van der Waals surface area contributed by atoms with Crippen LogP contribution in [0.5, 0.6) is 0 Å². The normalized spacial score (nSPS) is 14.9. The van der Waals surface area contributed by atoms with Gasteiger partial charge in [-0.1, -0.05) is 32.0 Å². The maximum atomic E-state index is 11.7. The van der Waals surface area contributed by atoms with E-state index in [-0.39, 0.29) is 6.61 Å². The van der Waals surface area contributed by atoms with Gasteiger partial charge in [0.1, 0.15) is 6.61 Å². The number of rotatable bonds is 5. The lowest BCUT2D eigenvalue weighted by atomic mass is 9.82. The van der Waals surface area contributed by atoms with Crippen LogP contribution in [0.1, 0.15) is 31.1 Å². The topological polar surface area (TPSA) is 66.8 Å². The van der Waals surface area contributed by atoms with E-state index in [2.05, 4.69) is 0 Å². The molecule has 0 aliphatic heterocycles. The van der Waals surface area contributed by atoms with Crippen molar-refractivity contribution in [1.82, 2.24) is 0 Å². The molecular weight excluding hydrogens is 232 g/mol. The molecule has 0 aliphatic carbocycles. The summed E-state index contributed by atoms with van der Waals surface area (Å²) in [6.07, 6.45) is -1.60. The zero-order chi connectivity index (χ0) is 13.8. The third kappa shape index (κ3) is 3.55. The van der Waals surface area contributed by atoms with E-state index in [1.807, 2.05) is 6.07 Å². The number of carbonyl (C=O) groups excluding carboxylic acids is 1. The van der Waals surface area contributed by atoms with Gasteiger partial charge in [0.2, 0.25) is 0 Å². The van der Waals surface area contributed by atoms with Crippen molar-refractivity contribution in [3.05, 3.63) is 35.9 Å². The zero-order valence-corrected chi connectivity index (χ0v) is 11.0. The molecule has 2 N–H and O–H groups in total. The Morgan fingerprint density at radius 2 is 1.83 bits per heavy atom. The first-order valence-corrected chi connectivity index (χ1v) is 5.94. The Balaban J connectivity index is 2.54. The summed E-state index contributed by atoms with van der Waals surface area (Å²) >= 11 is 0. The van der Waals surface area contributed by atoms with E-state index < -0.39 is 23.6 Å². The van der Waals surface area contributed by atoms with Gasteiger partial charge in [0.05, 0.1) is 17.8 Å². The fourth-order valence-corrected chi connectivity index (χ4v) is 1.31. The second kappa shape index (κ2) is 5.98. The van der Waals surface area contributed by atoms with Gasteiger partial charge < -0.3 is 14.9 Å². The predicted molar refractivity (Wildman–Crippen MR) is 68.2 cm³/mol. The molecular formula is C14H20O4. The molecule has 1 aromatic rings. The predicted octanol–water partition coefficient (Wildman–Crippen LogP) is 1.61. The van der Waals surface area contributed by atoms with Crippen molar-refractivity contribution < 1.29 is 19.7 Å². The molecule has 0 radical (unpaired) electrons. The first-order chi connectivity index (χ1) is 8.35. The number of benzene rings is 1. The number of ether oxygens (including phenoxy) is 1. The van der Waals surface area contributed by atoms with E-state index in [4.69, 9.17) is 4.74 Å². The van der Waals surface area contributed by atoms with Crippen LogP contribution in [0.3, 0.4) is 0 Å².